The molecule has 11 heteroatoms. The minimum Gasteiger partial charge on any atom is -0.508 e. The van der Waals surface area contributed by atoms with Gasteiger partial charge >= 0.3 is 0 Å². The second-order valence-corrected chi connectivity index (χ2v) is 10.7. The van der Waals surface area contributed by atoms with Gasteiger partial charge in [-0.25, -0.2) is 4.68 Å². The predicted molar refractivity (Wildman–Crippen MR) is 134 cm³/mol. The number of hydrogen-bond acceptors (Lipinski definition) is 9. The highest BCUT2D eigenvalue weighted by Crippen LogP contribution is 2.35. The number of hydrogen-bond donors (Lipinski definition) is 1. The van der Waals surface area contributed by atoms with E-state index in [1.807, 2.05) is 23.7 Å². The second-order valence-electron chi connectivity index (χ2n) is 9.13. The standard InChI is InChI=1S/C25H33N3O7S/c1-17(35-36(3,30)31)9-11-32-16-18(2)34-21-12-19(14-26-15-21)25-22-13-20(29)7-8-23(22)28(27-25)24-6-4-5-10-33-24/h7-8,12-15,17-18,24,29H,4-6,9-11,16H2,1-3H3/t17-,18-,24?/m0/s1. The number of rotatable bonds is 11. The summed E-state index contributed by atoms with van der Waals surface area (Å²) in [6.45, 7) is 4.94. The number of benzene rings is 1. The molecule has 3 aromatic rings. The van der Waals surface area contributed by atoms with Crippen molar-refractivity contribution in [1.82, 2.24) is 14.8 Å². The molecule has 0 bridgehead atoms. The van der Waals surface area contributed by atoms with Crippen LogP contribution in [0.4, 0.5) is 0 Å². The topological polar surface area (TPSA) is 122 Å². The first-order chi connectivity index (χ1) is 17.2. The summed E-state index contributed by atoms with van der Waals surface area (Å²) in [5.74, 6) is 0.726. The lowest BCUT2D eigenvalue weighted by molar-refractivity contribution is -0.0365. The molecule has 0 aliphatic carbocycles. The molecule has 1 aliphatic heterocycles. The highest BCUT2D eigenvalue weighted by Gasteiger charge is 2.22. The van der Waals surface area contributed by atoms with Crippen LogP contribution in [0.25, 0.3) is 22.2 Å². The van der Waals surface area contributed by atoms with Crippen LogP contribution in [0.1, 0.15) is 45.8 Å². The van der Waals surface area contributed by atoms with E-state index in [0.717, 1.165) is 42.0 Å². The van der Waals surface area contributed by atoms with Gasteiger partial charge in [0.25, 0.3) is 10.1 Å². The van der Waals surface area contributed by atoms with Crippen molar-refractivity contribution in [2.45, 2.75) is 58.0 Å². The molecule has 2 aromatic heterocycles. The van der Waals surface area contributed by atoms with Gasteiger partial charge in [-0.3, -0.25) is 9.17 Å². The lowest BCUT2D eigenvalue weighted by Gasteiger charge is -2.23. The molecule has 3 heterocycles. The van der Waals surface area contributed by atoms with Crippen LogP contribution in [-0.4, -0.2) is 66.6 Å². The molecule has 1 aliphatic rings. The molecule has 1 saturated heterocycles. The molecule has 0 amide bonds. The molecule has 1 aromatic carbocycles. The lowest BCUT2D eigenvalue weighted by Crippen LogP contribution is -2.21. The van der Waals surface area contributed by atoms with Crippen molar-refractivity contribution in [2.24, 2.45) is 0 Å². The van der Waals surface area contributed by atoms with Gasteiger partial charge in [-0.05, 0) is 63.8 Å². The van der Waals surface area contributed by atoms with Crippen LogP contribution in [0.5, 0.6) is 11.5 Å². The summed E-state index contributed by atoms with van der Waals surface area (Å²) in [6.07, 6.45) is 6.97. The predicted octanol–water partition coefficient (Wildman–Crippen LogP) is 4.04. The molecule has 0 radical (unpaired) electrons. The minimum absolute atomic E-state index is 0.144. The summed E-state index contributed by atoms with van der Waals surface area (Å²) in [6, 6.07) is 7.08. The van der Waals surface area contributed by atoms with Gasteiger partial charge in [0.2, 0.25) is 0 Å². The van der Waals surface area contributed by atoms with E-state index in [4.69, 9.17) is 23.5 Å². The van der Waals surface area contributed by atoms with Gasteiger partial charge in [0, 0.05) is 30.4 Å². The van der Waals surface area contributed by atoms with Crippen LogP contribution in [0.15, 0.2) is 36.7 Å². The van der Waals surface area contributed by atoms with Crippen molar-refractivity contribution in [2.75, 3.05) is 26.1 Å². The van der Waals surface area contributed by atoms with Gasteiger partial charge in [-0.15, -0.1) is 0 Å². The SMILES string of the molecule is C[C@@H](COCC[C@H](C)OS(C)(=O)=O)Oc1cncc(-c2nn(C3CCCCO3)c3ccc(O)cc23)c1. The van der Waals surface area contributed by atoms with E-state index in [9.17, 15) is 13.5 Å². The molecule has 3 atom stereocenters. The van der Waals surface area contributed by atoms with Crippen molar-refractivity contribution in [3.8, 4) is 22.8 Å². The Labute approximate surface area is 211 Å². The molecule has 0 saturated carbocycles. The van der Waals surface area contributed by atoms with E-state index in [2.05, 4.69) is 4.98 Å². The van der Waals surface area contributed by atoms with Crippen molar-refractivity contribution in [3.05, 3.63) is 36.7 Å². The molecule has 1 fully saturated rings. The number of fused-ring (bicyclic) bond motifs is 1. The fourth-order valence-electron chi connectivity index (χ4n) is 4.20. The molecule has 196 valence electrons. The maximum absolute atomic E-state index is 11.2. The Bertz CT molecular complexity index is 1270. The quantitative estimate of drug-likeness (QED) is 0.295. The van der Waals surface area contributed by atoms with Crippen LogP contribution >= 0.6 is 0 Å². The summed E-state index contributed by atoms with van der Waals surface area (Å²) in [4.78, 5) is 4.34. The third-order valence-electron chi connectivity index (χ3n) is 5.80. The van der Waals surface area contributed by atoms with Crippen molar-refractivity contribution >= 4 is 21.0 Å². The number of phenols is 1. The monoisotopic (exact) mass is 519 g/mol. The van der Waals surface area contributed by atoms with Crippen molar-refractivity contribution in [3.63, 3.8) is 0 Å². The molecule has 1 N–H and O–H groups in total. The summed E-state index contributed by atoms with van der Waals surface area (Å²) in [5.41, 5.74) is 2.34. The number of nitrogens with zero attached hydrogens (tertiary/aromatic N) is 3. The van der Waals surface area contributed by atoms with E-state index < -0.39 is 16.2 Å². The first-order valence-electron chi connectivity index (χ1n) is 12.1. The highest BCUT2D eigenvalue weighted by molar-refractivity contribution is 7.86. The summed E-state index contributed by atoms with van der Waals surface area (Å²) >= 11 is 0. The molecular weight excluding hydrogens is 486 g/mol. The minimum atomic E-state index is -3.48. The van der Waals surface area contributed by atoms with Crippen LogP contribution in [0.3, 0.4) is 0 Å². The third kappa shape index (κ3) is 6.94. The Hall–Kier alpha value is -2.73. The average Bonchev–Trinajstić information content (AvgIpc) is 3.20. The smallest absolute Gasteiger partial charge is 0.264 e. The normalized spacial score (nSPS) is 18.2. The van der Waals surface area contributed by atoms with Gasteiger partial charge in [0.05, 0.1) is 30.7 Å². The number of phenolic OH excluding ortho intramolecular Hbond substituents is 1. The summed E-state index contributed by atoms with van der Waals surface area (Å²) in [5, 5.41) is 15.8. The number of aromatic nitrogens is 3. The maximum atomic E-state index is 11.2. The number of pyridine rings is 1. The first kappa shape index (κ1) is 26.3. The highest BCUT2D eigenvalue weighted by atomic mass is 32.2. The third-order valence-corrected chi connectivity index (χ3v) is 6.48. The van der Waals surface area contributed by atoms with E-state index >= 15 is 0 Å². The van der Waals surface area contributed by atoms with Crippen LogP contribution in [-0.2, 0) is 23.8 Å². The molecule has 4 rings (SSSR count). The zero-order valence-electron chi connectivity index (χ0n) is 20.8. The largest absolute Gasteiger partial charge is 0.508 e. The summed E-state index contributed by atoms with van der Waals surface area (Å²) in [7, 11) is -3.48. The molecule has 0 spiro atoms. The van der Waals surface area contributed by atoms with Gasteiger partial charge in [-0.2, -0.15) is 13.5 Å². The van der Waals surface area contributed by atoms with Crippen molar-refractivity contribution in [1.29, 1.82) is 0 Å². The fraction of sp³-hybridized carbons (Fsp3) is 0.520. The van der Waals surface area contributed by atoms with E-state index in [1.54, 1.807) is 31.5 Å². The van der Waals surface area contributed by atoms with E-state index in [0.29, 0.717) is 37.7 Å². The van der Waals surface area contributed by atoms with Crippen LogP contribution in [0.2, 0.25) is 0 Å². The fourth-order valence-corrected chi connectivity index (χ4v) is 4.90. The zero-order chi connectivity index (χ0) is 25.7. The number of aromatic hydroxyl groups is 1. The zero-order valence-corrected chi connectivity index (χ0v) is 21.6. The van der Waals surface area contributed by atoms with Gasteiger partial charge in [-0.1, -0.05) is 0 Å². The first-order valence-corrected chi connectivity index (χ1v) is 13.9. The Balaban J connectivity index is 1.43. The second kappa shape index (κ2) is 11.5. The Morgan fingerprint density at radius 2 is 2.03 bits per heavy atom. The molecule has 10 nitrogen and oxygen atoms in total. The van der Waals surface area contributed by atoms with Gasteiger partial charge in [0.1, 0.15) is 23.3 Å². The average molecular weight is 520 g/mol. The summed E-state index contributed by atoms with van der Waals surface area (Å²) < 4.78 is 46.7. The van der Waals surface area contributed by atoms with E-state index in [-0.39, 0.29) is 18.1 Å². The number of ether oxygens (including phenoxy) is 3. The molecule has 36 heavy (non-hydrogen) atoms. The van der Waals surface area contributed by atoms with E-state index in [1.165, 1.54) is 0 Å². The molecule has 1 unspecified atom stereocenters. The van der Waals surface area contributed by atoms with Crippen LogP contribution < -0.4 is 4.74 Å². The lowest BCUT2D eigenvalue weighted by atomic mass is 10.1. The Morgan fingerprint density at radius 3 is 2.78 bits per heavy atom. The molecular formula is C25H33N3O7S. The Morgan fingerprint density at radius 1 is 1.19 bits per heavy atom. The van der Waals surface area contributed by atoms with Gasteiger partial charge < -0.3 is 19.3 Å². The van der Waals surface area contributed by atoms with Crippen LogP contribution in [0, 0.1) is 0 Å². The van der Waals surface area contributed by atoms with Crippen molar-refractivity contribution < 1.29 is 31.9 Å². The Kier molecular flexibility index (Phi) is 8.45. The van der Waals surface area contributed by atoms with Gasteiger partial charge in [0.15, 0.2) is 6.23 Å². The maximum Gasteiger partial charge on any atom is 0.264 e.